The largest absolute Gasteiger partial charge is 0.459 e. The number of ketones is 1. The molecule has 1 aromatic carbocycles. The Bertz CT molecular complexity index is 901. The van der Waals surface area contributed by atoms with Gasteiger partial charge < -0.3 is 14.6 Å². The van der Waals surface area contributed by atoms with Crippen LogP contribution in [0.5, 0.6) is 0 Å². The molecular formula is C27H36O5S. The van der Waals surface area contributed by atoms with Crippen LogP contribution in [0.4, 0.5) is 0 Å². The molecule has 0 amide bonds. The Hall–Kier alpha value is -2.02. The van der Waals surface area contributed by atoms with E-state index in [1.165, 1.54) is 11.3 Å². The Morgan fingerprint density at radius 1 is 1.15 bits per heavy atom. The maximum absolute atomic E-state index is 12.6. The van der Waals surface area contributed by atoms with Crippen LogP contribution in [-0.2, 0) is 20.9 Å². The standard InChI is InChI=1S/C27H36O5S/c1-4-5-6-7-23(28)19-8-10-20(11-9-19)26-21(12-14-24(26)29)16-31-17-22-13-15-25(33-22)27(30)32-18(2)3/h8-11,13,15,18,21,23,26,28H,4-7,12,14,16-17H2,1-3H3/t21-,23+,26?/m1/s1. The van der Waals surface area contributed by atoms with Gasteiger partial charge in [0.25, 0.3) is 0 Å². The summed E-state index contributed by atoms with van der Waals surface area (Å²) in [5.74, 6) is -0.0596. The number of rotatable bonds is 12. The van der Waals surface area contributed by atoms with E-state index in [-0.39, 0.29) is 29.7 Å². The lowest BCUT2D eigenvalue weighted by Gasteiger charge is -2.20. The summed E-state index contributed by atoms with van der Waals surface area (Å²) in [7, 11) is 0. The highest BCUT2D eigenvalue weighted by Gasteiger charge is 2.35. The lowest BCUT2D eigenvalue weighted by molar-refractivity contribution is -0.119. The highest BCUT2D eigenvalue weighted by Crippen LogP contribution is 2.38. The predicted molar refractivity (Wildman–Crippen MR) is 131 cm³/mol. The van der Waals surface area contributed by atoms with Crippen molar-refractivity contribution in [3.8, 4) is 0 Å². The minimum Gasteiger partial charge on any atom is -0.459 e. The first kappa shape index (κ1) is 25.6. The summed E-state index contributed by atoms with van der Waals surface area (Å²) >= 11 is 1.38. The van der Waals surface area contributed by atoms with Gasteiger partial charge >= 0.3 is 5.97 Å². The zero-order valence-corrected chi connectivity index (χ0v) is 20.7. The zero-order chi connectivity index (χ0) is 23.8. The molecule has 1 heterocycles. The van der Waals surface area contributed by atoms with Gasteiger partial charge in [0.1, 0.15) is 10.7 Å². The first-order valence-corrected chi connectivity index (χ1v) is 12.9. The molecule has 3 rings (SSSR count). The number of aliphatic hydroxyl groups excluding tert-OH is 1. The third-order valence-corrected chi connectivity index (χ3v) is 7.16. The fourth-order valence-corrected chi connectivity index (χ4v) is 5.21. The molecule has 1 saturated carbocycles. The van der Waals surface area contributed by atoms with Crippen molar-refractivity contribution < 1.29 is 24.2 Å². The Kier molecular flexibility index (Phi) is 9.65. The van der Waals surface area contributed by atoms with Gasteiger partial charge in [-0.1, -0.05) is 50.5 Å². The van der Waals surface area contributed by atoms with Gasteiger partial charge in [-0.05, 0) is 55.9 Å². The summed E-state index contributed by atoms with van der Waals surface area (Å²) in [5, 5.41) is 10.4. The van der Waals surface area contributed by atoms with E-state index < -0.39 is 6.10 Å². The fraction of sp³-hybridized carbons (Fsp3) is 0.556. The molecule has 1 aliphatic rings. The Labute approximate surface area is 201 Å². The second-order valence-electron chi connectivity index (χ2n) is 9.16. The monoisotopic (exact) mass is 472 g/mol. The Morgan fingerprint density at radius 2 is 1.91 bits per heavy atom. The van der Waals surface area contributed by atoms with E-state index >= 15 is 0 Å². The highest BCUT2D eigenvalue weighted by molar-refractivity contribution is 7.13. The minimum atomic E-state index is -0.447. The van der Waals surface area contributed by atoms with Crippen molar-refractivity contribution in [3.63, 3.8) is 0 Å². The van der Waals surface area contributed by atoms with Crippen molar-refractivity contribution in [1.82, 2.24) is 0 Å². The summed E-state index contributed by atoms with van der Waals surface area (Å²) in [6, 6.07) is 11.6. The summed E-state index contributed by atoms with van der Waals surface area (Å²) in [6.45, 7) is 6.74. The van der Waals surface area contributed by atoms with Crippen LogP contribution in [0.25, 0.3) is 0 Å². The van der Waals surface area contributed by atoms with Gasteiger partial charge in [0.2, 0.25) is 0 Å². The molecule has 0 aliphatic heterocycles. The first-order chi connectivity index (χ1) is 15.9. The molecule has 0 spiro atoms. The van der Waals surface area contributed by atoms with Crippen LogP contribution in [0.1, 0.15) is 97.0 Å². The van der Waals surface area contributed by atoms with Crippen molar-refractivity contribution in [1.29, 1.82) is 0 Å². The number of carbonyl (C=O) groups is 2. The van der Waals surface area contributed by atoms with Gasteiger partial charge in [0.15, 0.2) is 0 Å². The van der Waals surface area contributed by atoms with Gasteiger partial charge in [-0.3, -0.25) is 4.79 Å². The number of thiophene rings is 1. The van der Waals surface area contributed by atoms with Crippen molar-refractivity contribution in [2.24, 2.45) is 5.92 Å². The number of carbonyl (C=O) groups excluding carboxylic acids is 2. The molecule has 0 saturated heterocycles. The lowest BCUT2D eigenvalue weighted by atomic mass is 9.88. The molecule has 2 aromatic rings. The van der Waals surface area contributed by atoms with Gasteiger partial charge in [0, 0.05) is 17.2 Å². The van der Waals surface area contributed by atoms with Gasteiger partial charge in [-0.15, -0.1) is 11.3 Å². The third-order valence-electron chi connectivity index (χ3n) is 6.12. The van der Waals surface area contributed by atoms with Gasteiger partial charge in [0.05, 0.1) is 25.4 Å². The van der Waals surface area contributed by atoms with E-state index in [1.807, 2.05) is 44.2 Å². The van der Waals surface area contributed by atoms with Crippen molar-refractivity contribution >= 4 is 23.1 Å². The fourth-order valence-electron chi connectivity index (χ4n) is 4.38. The molecular weight excluding hydrogens is 436 g/mol. The molecule has 1 aliphatic carbocycles. The van der Waals surface area contributed by atoms with E-state index in [4.69, 9.17) is 9.47 Å². The minimum absolute atomic E-state index is 0.142. The van der Waals surface area contributed by atoms with Gasteiger partial charge in [-0.25, -0.2) is 4.79 Å². The molecule has 1 fully saturated rings. The number of hydrogen-bond acceptors (Lipinski definition) is 6. The van der Waals surface area contributed by atoms with Crippen LogP contribution in [0.15, 0.2) is 36.4 Å². The quantitative estimate of drug-likeness (QED) is 0.294. The van der Waals surface area contributed by atoms with E-state index in [9.17, 15) is 14.7 Å². The highest BCUT2D eigenvalue weighted by atomic mass is 32.1. The SMILES string of the molecule is CCCCC[C@H](O)c1ccc(C2C(=O)CC[C@@H]2COCc2ccc(C(=O)OC(C)C)s2)cc1. The summed E-state index contributed by atoms with van der Waals surface area (Å²) in [4.78, 5) is 26.2. The number of Topliss-reactive ketones (excluding diaryl/α,β-unsaturated/α-hetero) is 1. The molecule has 1 aromatic heterocycles. The molecule has 0 bridgehead atoms. The molecule has 0 radical (unpaired) electrons. The van der Waals surface area contributed by atoms with Crippen molar-refractivity contribution in [3.05, 3.63) is 57.3 Å². The van der Waals surface area contributed by atoms with Crippen LogP contribution < -0.4 is 0 Å². The normalized spacial score (nSPS) is 19.2. The first-order valence-electron chi connectivity index (χ1n) is 12.1. The Balaban J connectivity index is 1.54. The number of esters is 1. The number of hydrogen-bond donors (Lipinski definition) is 1. The van der Waals surface area contributed by atoms with Crippen LogP contribution in [-0.4, -0.2) is 29.6 Å². The average Bonchev–Trinajstić information content (AvgIpc) is 3.40. The van der Waals surface area contributed by atoms with Crippen LogP contribution in [0.2, 0.25) is 0 Å². The van der Waals surface area contributed by atoms with Crippen molar-refractivity contribution in [2.45, 2.75) is 84.0 Å². The maximum Gasteiger partial charge on any atom is 0.348 e. The van der Waals surface area contributed by atoms with E-state index in [1.54, 1.807) is 6.07 Å². The van der Waals surface area contributed by atoms with Gasteiger partial charge in [-0.2, -0.15) is 0 Å². The summed E-state index contributed by atoms with van der Waals surface area (Å²) in [6.07, 6.45) is 4.85. The molecule has 3 atom stereocenters. The summed E-state index contributed by atoms with van der Waals surface area (Å²) < 4.78 is 11.2. The smallest absolute Gasteiger partial charge is 0.348 e. The topological polar surface area (TPSA) is 72.8 Å². The number of aliphatic hydroxyl groups is 1. The van der Waals surface area contributed by atoms with Crippen LogP contribution in [0, 0.1) is 5.92 Å². The second-order valence-corrected chi connectivity index (χ2v) is 10.3. The lowest BCUT2D eigenvalue weighted by Crippen LogP contribution is -2.17. The van der Waals surface area contributed by atoms with E-state index in [0.29, 0.717) is 24.5 Å². The number of benzene rings is 1. The van der Waals surface area contributed by atoms with Crippen molar-refractivity contribution in [2.75, 3.05) is 6.61 Å². The molecule has 6 heteroatoms. The molecule has 180 valence electrons. The number of unbranched alkanes of at least 4 members (excludes halogenated alkanes) is 2. The molecule has 1 unspecified atom stereocenters. The van der Waals surface area contributed by atoms with E-state index in [2.05, 4.69) is 6.92 Å². The maximum atomic E-state index is 12.6. The summed E-state index contributed by atoms with van der Waals surface area (Å²) in [5.41, 5.74) is 1.92. The number of ether oxygens (including phenoxy) is 2. The molecule has 1 N–H and O–H groups in total. The Morgan fingerprint density at radius 3 is 2.61 bits per heavy atom. The van der Waals surface area contributed by atoms with E-state index in [0.717, 1.165) is 48.1 Å². The zero-order valence-electron chi connectivity index (χ0n) is 19.9. The van der Waals surface area contributed by atoms with Crippen LogP contribution in [0.3, 0.4) is 0 Å². The second kappa shape index (κ2) is 12.4. The predicted octanol–water partition coefficient (Wildman–Crippen LogP) is 6.21. The third kappa shape index (κ3) is 7.23. The molecule has 33 heavy (non-hydrogen) atoms. The average molecular weight is 473 g/mol. The van der Waals surface area contributed by atoms with Crippen LogP contribution >= 0.6 is 11.3 Å². The molecule has 5 nitrogen and oxygen atoms in total.